The molecule has 0 aromatic carbocycles. The molecule has 1 saturated carbocycles. The predicted molar refractivity (Wildman–Crippen MR) is 55.8 cm³/mol. The Morgan fingerprint density at radius 1 is 1.38 bits per heavy atom. The molecule has 0 aromatic heterocycles. The molecule has 1 heterocycles. The van der Waals surface area contributed by atoms with Crippen molar-refractivity contribution >= 4 is 0 Å². The number of rotatable bonds is 3. The molecule has 0 aromatic rings. The molecule has 1 aliphatic carbocycles. The van der Waals surface area contributed by atoms with Gasteiger partial charge in [-0.25, -0.2) is 0 Å². The second-order valence-corrected chi connectivity index (χ2v) is 5.08. The summed E-state index contributed by atoms with van der Waals surface area (Å²) in [7, 11) is 0. The van der Waals surface area contributed by atoms with Gasteiger partial charge in [0.2, 0.25) is 0 Å². The van der Waals surface area contributed by atoms with E-state index in [4.69, 9.17) is 0 Å². The molecule has 0 bridgehead atoms. The van der Waals surface area contributed by atoms with Gasteiger partial charge < -0.3 is 10.6 Å². The second-order valence-electron chi connectivity index (χ2n) is 5.08. The van der Waals surface area contributed by atoms with Crippen LogP contribution in [0.15, 0.2) is 0 Å². The molecule has 76 valence electrons. The van der Waals surface area contributed by atoms with E-state index in [9.17, 15) is 0 Å². The van der Waals surface area contributed by atoms with Crippen molar-refractivity contribution in [1.29, 1.82) is 0 Å². The smallest absolute Gasteiger partial charge is 0.00104 e. The predicted octanol–water partition coefficient (Wildman–Crippen LogP) is 1.37. The maximum atomic E-state index is 3.56. The zero-order valence-corrected chi connectivity index (χ0v) is 8.90. The van der Waals surface area contributed by atoms with Crippen molar-refractivity contribution in [3.8, 4) is 0 Å². The lowest BCUT2D eigenvalue weighted by atomic mass is 9.92. The van der Waals surface area contributed by atoms with Gasteiger partial charge in [0, 0.05) is 6.04 Å². The minimum absolute atomic E-state index is 0.652. The van der Waals surface area contributed by atoms with Crippen LogP contribution in [-0.2, 0) is 0 Å². The van der Waals surface area contributed by atoms with Crippen LogP contribution >= 0.6 is 0 Å². The molecule has 1 saturated heterocycles. The number of hydrogen-bond acceptors (Lipinski definition) is 2. The zero-order chi connectivity index (χ0) is 9.31. The lowest BCUT2D eigenvalue weighted by Gasteiger charge is -2.23. The maximum absolute atomic E-state index is 3.56. The van der Waals surface area contributed by atoms with Crippen LogP contribution in [0.2, 0.25) is 0 Å². The number of piperidine rings is 1. The first-order chi connectivity index (χ1) is 6.23. The molecule has 13 heavy (non-hydrogen) atoms. The van der Waals surface area contributed by atoms with Crippen molar-refractivity contribution in [3.05, 3.63) is 0 Å². The summed E-state index contributed by atoms with van der Waals surface area (Å²) in [5, 5.41) is 7.00. The van der Waals surface area contributed by atoms with E-state index < -0.39 is 0 Å². The quantitative estimate of drug-likeness (QED) is 0.689. The van der Waals surface area contributed by atoms with Gasteiger partial charge in [0.25, 0.3) is 0 Å². The third-order valence-electron chi connectivity index (χ3n) is 3.73. The summed E-state index contributed by atoms with van der Waals surface area (Å²) in [4.78, 5) is 0. The van der Waals surface area contributed by atoms with Gasteiger partial charge in [0.15, 0.2) is 0 Å². The minimum atomic E-state index is 0.652. The highest BCUT2D eigenvalue weighted by atomic mass is 14.9. The van der Waals surface area contributed by atoms with Crippen LogP contribution in [0.4, 0.5) is 0 Å². The summed E-state index contributed by atoms with van der Waals surface area (Å²) in [6, 6.07) is 0.652. The largest absolute Gasteiger partial charge is 0.317 e. The fourth-order valence-corrected chi connectivity index (χ4v) is 2.64. The molecule has 2 rings (SSSR count). The number of hydrogen-bond donors (Lipinski definition) is 2. The molecule has 1 spiro atoms. The van der Waals surface area contributed by atoms with Crippen LogP contribution in [-0.4, -0.2) is 25.7 Å². The van der Waals surface area contributed by atoms with E-state index in [-0.39, 0.29) is 0 Å². The Morgan fingerprint density at radius 2 is 2.08 bits per heavy atom. The van der Waals surface area contributed by atoms with Gasteiger partial charge in [-0.05, 0) is 50.2 Å². The highest BCUT2D eigenvalue weighted by Gasteiger charge is 2.53. The molecule has 2 fully saturated rings. The monoisotopic (exact) mass is 182 g/mol. The first-order valence-corrected chi connectivity index (χ1v) is 5.67. The van der Waals surface area contributed by atoms with Crippen LogP contribution in [0.1, 0.15) is 33.1 Å². The summed E-state index contributed by atoms with van der Waals surface area (Å²) in [5.41, 5.74) is 0.757. The summed E-state index contributed by atoms with van der Waals surface area (Å²) in [5.74, 6) is 0.983. The van der Waals surface area contributed by atoms with Crippen molar-refractivity contribution in [2.75, 3.05) is 19.6 Å². The van der Waals surface area contributed by atoms with Crippen LogP contribution in [0, 0.1) is 11.3 Å². The third-order valence-corrected chi connectivity index (χ3v) is 3.73. The van der Waals surface area contributed by atoms with Crippen LogP contribution in [0.5, 0.6) is 0 Å². The van der Waals surface area contributed by atoms with Crippen LogP contribution < -0.4 is 10.6 Å². The molecule has 2 heteroatoms. The Hall–Kier alpha value is -0.0800. The van der Waals surface area contributed by atoms with Crippen molar-refractivity contribution in [2.24, 2.45) is 11.3 Å². The van der Waals surface area contributed by atoms with Gasteiger partial charge in [-0.2, -0.15) is 0 Å². The molecule has 2 N–H and O–H groups in total. The Kier molecular flexibility index (Phi) is 2.61. The molecule has 2 aliphatic rings. The number of nitrogens with one attached hydrogen (secondary N) is 2. The van der Waals surface area contributed by atoms with Gasteiger partial charge in [0.05, 0.1) is 0 Å². The summed E-state index contributed by atoms with van der Waals surface area (Å²) < 4.78 is 0. The molecular formula is C11H22N2. The topological polar surface area (TPSA) is 24.1 Å². The summed E-state index contributed by atoms with van der Waals surface area (Å²) >= 11 is 0. The molecule has 1 atom stereocenters. The fraction of sp³-hybridized carbons (Fsp3) is 1.00. The highest BCUT2D eigenvalue weighted by molar-refractivity contribution is 5.05. The second kappa shape index (κ2) is 3.58. The van der Waals surface area contributed by atoms with E-state index >= 15 is 0 Å². The van der Waals surface area contributed by atoms with Gasteiger partial charge >= 0.3 is 0 Å². The first-order valence-electron chi connectivity index (χ1n) is 5.67. The maximum Gasteiger partial charge on any atom is 0.00104 e. The van der Waals surface area contributed by atoms with E-state index in [1.807, 2.05) is 0 Å². The lowest BCUT2D eigenvalue weighted by molar-refractivity contribution is 0.316. The van der Waals surface area contributed by atoms with Crippen molar-refractivity contribution in [3.63, 3.8) is 0 Å². The third kappa shape index (κ3) is 2.05. The standard InChI is InChI=1S/C11H22N2/c1-9(2)13-8-10-7-11(10)3-5-12-6-4-11/h9-10,12-13H,3-8H2,1-2H3. The normalized spacial score (nSPS) is 31.2. The minimum Gasteiger partial charge on any atom is -0.317 e. The Labute approximate surface area is 81.5 Å². The van der Waals surface area contributed by atoms with Gasteiger partial charge in [0.1, 0.15) is 0 Å². The van der Waals surface area contributed by atoms with E-state index in [0.717, 1.165) is 11.3 Å². The van der Waals surface area contributed by atoms with E-state index in [2.05, 4.69) is 24.5 Å². The first kappa shape index (κ1) is 9.47. The molecular weight excluding hydrogens is 160 g/mol. The van der Waals surface area contributed by atoms with Crippen LogP contribution in [0.25, 0.3) is 0 Å². The van der Waals surface area contributed by atoms with Crippen molar-refractivity contribution in [1.82, 2.24) is 10.6 Å². The SMILES string of the molecule is CC(C)NCC1CC12CCNCC2. The van der Waals surface area contributed by atoms with Gasteiger partial charge in [-0.15, -0.1) is 0 Å². The zero-order valence-electron chi connectivity index (χ0n) is 8.90. The van der Waals surface area contributed by atoms with E-state index in [1.54, 1.807) is 0 Å². The molecule has 2 nitrogen and oxygen atoms in total. The Morgan fingerprint density at radius 3 is 2.69 bits per heavy atom. The summed E-state index contributed by atoms with van der Waals surface area (Å²) in [6.07, 6.45) is 4.31. The van der Waals surface area contributed by atoms with Crippen LogP contribution in [0.3, 0.4) is 0 Å². The molecule has 1 aliphatic heterocycles. The van der Waals surface area contributed by atoms with Gasteiger partial charge in [-0.3, -0.25) is 0 Å². The Bertz CT molecular complexity index is 171. The average Bonchev–Trinajstić information content (AvgIpc) is 2.77. The van der Waals surface area contributed by atoms with E-state index in [0.29, 0.717) is 6.04 Å². The van der Waals surface area contributed by atoms with Crippen molar-refractivity contribution in [2.45, 2.75) is 39.2 Å². The lowest BCUT2D eigenvalue weighted by Crippen LogP contribution is -2.32. The van der Waals surface area contributed by atoms with Crippen molar-refractivity contribution < 1.29 is 0 Å². The molecule has 0 radical (unpaired) electrons. The Balaban J connectivity index is 1.73. The average molecular weight is 182 g/mol. The highest BCUT2D eigenvalue weighted by Crippen LogP contribution is 2.58. The van der Waals surface area contributed by atoms with Gasteiger partial charge in [-0.1, -0.05) is 13.8 Å². The molecule has 1 unspecified atom stereocenters. The van der Waals surface area contributed by atoms with E-state index in [1.165, 1.54) is 38.9 Å². The molecule has 0 amide bonds. The summed E-state index contributed by atoms with van der Waals surface area (Å²) in [6.45, 7) is 8.21. The fourth-order valence-electron chi connectivity index (χ4n) is 2.64.